The number of urea groups is 1. The van der Waals surface area contributed by atoms with Crippen molar-refractivity contribution < 1.29 is 19.4 Å². The summed E-state index contributed by atoms with van der Waals surface area (Å²) < 4.78 is 10.4. The van der Waals surface area contributed by atoms with E-state index in [1.165, 1.54) is 14.2 Å². The number of aliphatic hydroxyl groups is 1. The lowest BCUT2D eigenvalue weighted by molar-refractivity contribution is 0.0599. The first-order valence-corrected chi connectivity index (χ1v) is 8.30. The van der Waals surface area contributed by atoms with Crippen LogP contribution in [-0.4, -0.2) is 49.5 Å². The molecule has 7 heteroatoms. The molecular formula is C15H24N2O4S. The molecule has 3 N–H and O–H groups in total. The lowest BCUT2D eigenvalue weighted by Gasteiger charge is -2.23. The Hall–Kier alpha value is -1.60. The maximum absolute atomic E-state index is 12.0. The van der Waals surface area contributed by atoms with E-state index in [1.54, 1.807) is 36.9 Å². The summed E-state index contributed by atoms with van der Waals surface area (Å²) in [7, 11) is 3.04. The largest absolute Gasteiger partial charge is 0.493 e. The summed E-state index contributed by atoms with van der Waals surface area (Å²) in [5.74, 6) is 1.82. The topological polar surface area (TPSA) is 79.8 Å². The van der Waals surface area contributed by atoms with Crippen LogP contribution in [-0.2, 0) is 0 Å². The predicted molar refractivity (Wildman–Crippen MR) is 90.2 cm³/mol. The van der Waals surface area contributed by atoms with Gasteiger partial charge in [-0.2, -0.15) is 11.8 Å². The van der Waals surface area contributed by atoms with Crippen molar-refractivity contribution in [2.45, 2.75) is 18.9 Å². The number of benzene rings is 1. The van der Waals surface area contributed by atoms with Crippen molar-refractivity contribution in [3.05, 3.63) is 18.2 Å². The van der Waals surface area contributed by atoms with Gasteiger partial charge >= 0.3 is 6.03 Å². The van der Waals surface area contributed by atoms with Crippen LogP contribution < -0.4 is 20.1 Å². The number of hydrogen-bond acceptors (Lipinski definition) is 5. The third-order valence-electron chi connectivity index (χ3n) is 3.13. The van der Waals surface area contributed by atoms with E-state index in [4.69, 9.17) is 9.47 Å². The van der Waals surface area contributed by atoms with E-state index in [1.807, 2.05) is 6.26 Å². The highest BCUT2D eigenvalue weighted by Crippen LogP contribution is 2.34. The molecule has 0 bridgehead atoms. The second kappa shape index (κ2) is 8.75. The van der Waals surface area contributed by atoms with Gasteiger partial charge in [0.25, 0.3) is 0 Å². The second-order valence-electron chi connectivity index (χ2n) is 5.09. The highest BCUT2D eigenvalue weighted by Gasteiger charge is 2.21. The molecule has 0 saturated heterocycles. The number of anilines is 1. The fourth-order valence-electron chi connectivity index (χ4n) is 1.83. The Balaban J connectivity index is 2.62. The van der Waals surface area contributed by atoms with Crippen molar-refractivity contribution in [1.82, 2.24) is 5.32 Å². The van der Waals surface area contributed by atoms with Crippen LogP contribution in [0.25, 0.3) is 0 Å². The average molecular weight is 328 g/mol. The van der Waals surface area contributed by atoms with Gasteiger partial charge in [-0.25, -0.2) is 4.79 Å². The third kappa shape index (κ3) is 5.65. The summed E-state index contributed by atoms with van der Waals surface area (Å²) in [5, 5.41) is 15.5. The molecule has 0 spiro atoms. The minimum atomic E-state index is -0.932. The Kier molecular flexibility index (Phi) is 7.34. The van der Waals surface area contributed by atoms with Crippen molar-refractivity contribution in [2.75, 3.05) is 38.1 Å². The molecule has 0 aliphatic carbocycles. The van der Waals surface area contributed by atoms with E-state index < -0.39 is 11.6 Å². The van der Waals surface area contributed by atoms with Gasteiger partial charge in [-0.15, -0.1) is 0 Å². The molecule has 0 aromatic heterocycles. The summed E-state index contributed by atoms with van der Waals surface area (Å²) >= 11 is 1.66. The fourth-order valence-corrected chi connectivity index (χ4v) is 2.48. The normalized spacial score (nSPS) is 13.1. The molecule has 0 unspecified atom stereocenters. The van der Waals surface area contributed by atoms with Gasteiger partial charge in [0.1, 0.15) is 0 Å². The van der Waals surface area contributed by atoms with E-state index in [2.05, 4.69) is 10.6 Å². The summed E-state index contributed by atoms with van der Waals surface area (Å²) in [6, 6.07) is 4.81. The first kappa shape index (κ1) is 18.4. The van der Waals surface area contributed by atoms with Crippen LogP contribution in [0, 0.1) is 0 Å². The van der Waals surface area contributed by atoms with Gasteiger partial charge in [-0.1, -0.05) is 6.07 Å². The number of rotatable bonds is 8. The zero-order valence-electron chi connectivity index (χ0n) is 13.4. The summed E-state index contributed by atoms with van der Waals surface area (Å²) in [6.45, 7) is 1.88. The third-order valence-corrected chi connectivity index (χ3v) is 3.74. The lowest BCUT2D eigenvalue weighted by Crippen LogP contribution is -2.42. The van der Waals surface area contributed by atoms with Crippen molar-refractivity contribution in [1.29, 1.82) is 0 Å². The molecule has 0 heterocycles. The van der Waals surface area contributed by atoms with E-state index in [-0.39, 0.29) is 6.54 Å². The molecule has 1 atom stereocenters. The predicted octanol–water partition coefficient (Wildman–Crippen LogP) is 2.33. The van der Waals surface area contributed by atoms with Crippen LogP contribution in [0.2, 0.25) is 0 Å². The van der Waals surface area contributed by atoms with Gasteiger partial charge in [0.05, 0.1) is 25.5 Å². The fraction of sp³-hybridized carbons (Fsp3) is 0.533. The molecule has 0 radical (unpaired) electrons. The zero-order chi connectivity index (χ0) is 16.6. The molecular weight excluding hydrogens is 304 g/mol. The van der Waals surface area contributed by atoms with Crippen LogP contribution >= 0.6 is 11.8 Å². The summed E-state index contributed by atoms with van der Waals surface area (Å²) in [5.41, 5.74) is -0.429. The van der Waals surface area contributed by atoms with Crippen molar-refractivity contribution >= 4 is 23.5 Å². The first-order valence-electron chi connectivity index (χ1n) is 6.90. The van der Waals surface area contributed by atoms with Gasteiger partial charge < -0.3 is 25.2 Å². The number of nitrogens with one attached hydrogen (secondary N) is 2. The molecule has 22 heavy (non-hydrogen) atoms. The molecule has 124 valence electrons. The van der Waals surface area contributed by atoms with Gasteiger partial charge in [-0.05, 0) is 37.5 Å². The van der Waals surface area contributed by atoms with Crippen LogP contribution in [0.4, 0.5) is 10.5 Å². The maximum atomic E-state index is 12.0. The summed E-state index contributed by atoms with van der Waals surface area (Å²) in [4.78, 5) is 12.0. The van der Waals surface area contributed by atoms with Crippen molar-refractivity contribution in [3.8, 4) is 11.5 Å². The molecule has 1 aromatic carbocycles. The average Bonchev–Trinajstić information content (AvgIpc) is 2.51. The van der Waals surface area contributed by atoms with Gasteiger partial charge in [0.15, 0.2) is 11.5 Å². The number of amides is 2. The van der Waals surface area contributed by atoms with E-state index in [9.17, 15) is 9.90 Å². The summed E-state index contributed by atoms with van der Waals surface area (Å²) in [6.07, 6.45) is 2.59. The Labute approximate surface area is 135 Å². The van der Waals surface area contributed by atoms with Crippen molar-refractivity contribution in [3.63, 3.8) is 0 Å². The van der Waals surface area contributed by atoms with Crippen LogP contribution in [0.1, 0.15) is 13.3 Å². The molecule has 0 aliphatic heterocycles. The second-order valence-corrected chi connectivity index (χ2v) is 6.07. The van der Waals surface area contributed by atoms with E-state index >= 15 is 0 Å². The zero-order valence-corrected chi connectivity index (χ0v) is 14.3. The van der Waals surface area contributed by atoms with Crippen LogP contribution in [0.5, 0.6) is 11.5 Å². The minimum absolute atomic E-state index is 0.172. The van der Waals surface area contributed by atoms with Gasteiger partial charge in [-0.3, -0.25) is 0 Å². The van der Waals surface area contributed by atoms with Gasteiger partial charge in [0, 0.05) is 6.54 Å². The monoisotopic (exact) mass is 328 g/mol. The van der Waals surface area contributed by atoms with Crippen LogP contribution in [0.15, 0.2) is 18.2 Å². The molecule has 1 rings (SSSR count). The Bertz CT molecular complexity index is 494. The number of hydrogen-bond donors (Lipinski definition) is 3. The molecule has 0 aliphatic rings. The Morgan fingerprint density at radius 1 is 1.36 bits per heavy atom. The molecule has 6 nitrogen and oxygen atoms in total. The molecule has 2 amide bonds. The van der Waals surface area contributed by atoms with E-state index in [0.29, 0.717) is 23.6 Å². The lowest BCUT2D eigenvalue weighted by atomic mass is 10.0. The highest BCUT2D eigenvalue weighted by atomic mass is 32.2. The Morgan fingerprint density at radius 2 is 2.09 bits per heavy atom. The standard InChI is InChI=1S/C15H24N2O4S/c1-15(19,8-9-22-4)10-16-14(18)17-11-6-5-7-12(20-2)13(11)21-3/h5-7,19H,8-10H2,1-4H3,(H2,16,17,18)/t15-/m1/s1. The number of methoxy groups -OCH3 is 2. The number of carbonyl (C=O) groups is 1. The minimum Gasteiger partial charge on any atom is -0.493 e. The van der Waals surface area contributed by atoms with Crippen molar-refractivity contribution in [2.24, 2.45) is 0 Å². The van der Waals surface area contributed by atoms with E-state index in [0.717, 1.165) is 5.75 Å². The first-order chi connectivity index (χ1) is 10.4. The molecule has 1 aromatic rings. The van der Waals surface area contributed by atoms with Gasteiger partial charge in [0.2, 0.25) is 0 Å². The highest BCUT2D eigenvalue weighted by molar-refractivity contribution is 7.98. The Morgan fingerprint density at radius 3 is 2.68 bits per heavy atom. The number of carbonyl (C=O) groups excluding carboxylic acids is 1. The van der Waals surface area contributed by atoms with Crippen LogP contribution in [0.3, 0.4) is 0 Å². The number of thioether (sulfide) groups is 1. The molecule has 0 saturated carbocycles. The number of ether oxygens (including phenoxy) is 2. The smallest absolute Gasteiger partial charge is 0.319 e. The molecule has 0 fully saturated rings. The SMILES string of the molecule is COc1cccc(NC(=O)NC[C@](C)(O)CCSC)c1OC. The number of para-hydroxylation sites is 1. The quantitative estimate of drug-likeness (QED) is 0.682. The maximum Gasteiger partial charge on any atom is 0.319 e.